The smallest absolute Gasteiger partial charge is 0.291 e. The first-order chi connectivity index (χ1) is 17.5. The minimum Gasteiger partial charge on any atom is -0.497 e. The number of aryl methyl sites for hydroxylation is 1. The Bertz CT molecular complexity index is 1400. The minimum absolute atomic E-state index is 0.170. The molecule has 1 aromatic heterocycles. The standard InChI is InChI=1S/C29H29N3O4/c1-20-7-5-8-21(17-20)18-26(33)30-27-24-11-3-4-12-25(24)36-28(27)29(34)32-15-13-31(14-16-32)22-9-6-10-23(19-22)35-2/h3-12,17,19H,13-16,18H2,1-2H3,(H,30,33). The quantitative estimate of drug-likeness (QED) is 0.423. The lowest BCUT2D eigenvalue weighted by molar-refractivity contribution is -0.115. The van der Waals surface area contributed by atoms with Crippen molar-refractivity contribution >= 4 is 34.2 Å². The largest absolute Gasteiger partial charge is 0.497 e. The molecule has 4 aromatic rings. The molecule has 7 heteroatoms. The van der Waals surface area contributed by atoms with E-state index in [1.807, 2.05) is 79.7 Å². The van der Waals surface area contributed by atoms with Crippen LogP contribution in [-0.4, -0.2) is 50.0 Å². The number of piperazine rings is 1. The first-order valence-corrected chi connectivity index (χ1v) is 12.1. The van der Waals surface area contributed by atoms with Crippen LogP contribution in [0.3, 0.4) is 0 Å². The third-order valence-electron chi connectivity index (χ3n) is 6.49. The van der Waals surface area contributed by atoms with E-state index in [0.29, 0.717) is 42.8 Å². The summed E-state index contributed by atoms with van der Waals surface area (Å²) in [6.07, 6.45) is 0.216. The van der Waals surface area contributed by atoms with Crippen LogP contribution in [0.4, 0.5) is 11.4 Å². The summed E-state index contributed by atoms with van der Waals surface area (Å²) in [6.45, 7) is 4.46. The molecule has 2 heterocycles. The van der Waals surface area contributed by atoms with Crippen LogP contribution in [0.1, 0.15) is 21.7 Å². The molecule has 0 spiro atoms. The van der Waals surface area contributed by atoms with Gasteiger partial charge in [-0.25, -0.2) is 0 Å². The molecule has 0 saturated carbocycles. The van der Waals surface area contributed by atoms with Gasteiger partial charge in [0.05, 0.1) is 13.5 Å². The third kappa shape index (κ3) is 4.91. The number of benzene rings is 3. The van der Waals surface area contributed by atoms with Crippen LogP contribution in [0.25, 0.3) is 11.0 Å². The number of nitrogens with one attached hydrogen (secondary N) is 1. The predicted octanol–water partition coefficient (Wildman–Crippen LogP) is 4.89. The van der Waals surface area contributed by atoms with Crippen molar-refractivity contribution in [2.45, 2.75) is 13.3 Å². The van der Waals surface area contributed by atoms with Crippen LogP contribution in [0, 0.1) is 6.92 Å². The van der Waals surface area contributed by atoms with Crippen LogP contribution in [0.2, 0.25) is 0 Å². The highest BCUT2D eigenvalue weighted by Crippen LogP contribution is 2.32. The highest BCUT2D eigenvalue weighted by atomic mass is 16.5. The maximum atomic E-state index is 13.6. The number of nitrogens with zero attached hydrogens (tertiary/aromatic N) is 2. The van der Waals surface area contributed by atoms with Crippen molar-refractivity contribution in [3.8, 4) is 5.75 Å². The van der Waals surface area contributed by atoms with Gasteiger partial charge in [0, 0.05) is 43.3 Å². The van der Waals surface area contributed by atoms with Gasteiger partial charge in [-0.05, 0) is 36.8 Å². The van der Waals surface area contributed by atoms with Crippen LogP contribution in [-0.2, 0) is 11.2 Å². The molecule has 1 aliphatic heterocycles. The van der Waals surface area contributed by atoms with Gasteiger partial charge in [-0.15, -0.1) is 0 Å². The SMILES string of the molecule is COc1cccc(N2CCN(C(=O)c3oc4ccccc4c3NC(=O)Cc3cccc(C)c3)CC2)c1. The van der Waals surface area contributed by atoms with E-state index < -0.39 is 0 Å². The van der Waals surface area contributed by atoms with E-state index in [0.717, 1.165) is 22.6 Å². The summed E-state index contributed by atoms with van der Waals surface area (Å²) in [5.41, 5.74) is 4.08. The first kappa shape index (κ1) is 23.5. The number of fused-ring (bicyclic) bond motifs is 1. The second-order valence-corrected chi connectivity index (χ2v) is 9.00. The van der Waals surface area contributed by atoms with Gasteiger partial charge in [0.1, 0.15) is 17.0 Å². The number of furan rings is 1. The molecular formula is C29H29N3O4. The van der Waals surface area contributed by atoms with Crippen LogP contribution < -0.4 is 15.0 Å². The molecule has 1 saturated heterocycles. The molecule has 184 valence electrons. The van der Waals surface area contributed by atoms with Crippen molar-refractivity contribution in [3.05, 3.63) is 89.7 Å². The number of ether oxygens (including phenoxy) is 1. The van der Waals surface area contributed by atoms with Crippen molar-refractivity contribution < 1.29 is 18.7 Å². The Labute approximate surface area is 210 Å². The monoisotopic (exact) mass is 483 g/mol. The van der Waals surface area contributed by atoms with E-state index in [1.165, 1.54) is 0 Å². The molecule has 1 fully saturated rings. The molecule has 1 aliphatic rings. The highest BCUT2D eigenvalue weighted by molar-refractivity contribution is 6.11. The molecule has 0 unspecified atom stereocenters. The molecular weight excluding hydrogens is 454 g/mol. The van der Waals surface area contributed by atoms with Gasteiger partial charge in [-0.1, -0.05) is 48.0 Å². The lowest BCUT2D eigenvalue weighted by Gasteiger charge is -2.36. The van der Waals surface area contributed by atoms with Crippen molar-refractivity contribution in [1.29, 1.82) is 0 Å². The summed E-state index contributed by atoms with van der Waals surface area (Å²) >= 11 is 0. The molecule has 1 N–H and O–H groups in total. The Morgan fingerprint density at radius 1 is 0.944 bits per heavy atom. The van der Waals surface area contributed by atoms with Crippen molar-refractivity contribution in [3.63, 3.8) is 0 Å². The van der Waals surface area contributed by atoms with E-state index in [4.69, 9.17) is 9.15 Å². The maximum absolute atomic E-state index is 13.6. The number of rotatable bonds is 6. The summed E-state index contributed by atoms with van der Waals surface area (Å²) in [6, 6.07) is 23.2. The number of carbonyl (C=O) groups is 2. The van der Waals surface area contributed by atoms with Crippen LogP contribution >= 0.6 is 0 Å². The molecule has 0 bridgehead atoms. The zero-order valence-corrected chi connectivity index (χ0v) is 20.5. The van der Waals surface area contributed by atoms with Gasteiger partial charge in [0.2, 0.25) is 11.7 Å². The molecule has 5 rings (SSSR count). The molecule has 3 aromatic carbocycles. The molecule has 0 atom stereocenters. The van der Waals surface area contributed by atoms with Crippen LogP contribution in [0.5, 0.6) is 5.75 Å². The van der Waals surface area contributed by atoms with Crippen LogP contribution in [0.15, 0.2) is 77.2 Å². The number of anilines is 2. The van der Waals surface area contributed by atoms with Gasteiger partial charge in [-0.2, -0.15) is 0 Å². The lowest BCUT2D eigenvalue weighted by atomic mass is 10.1. The van der Waals surface area contributed by atoms with E-state index in [-0.39, 0.29) is 24.0 Å². The van der Waals surface area contributed by atoms with E-state index >= 15 is 0 Å². The fourth-order valence-electron chi connectivity index (χ4n) is 4.63. The minimum atomic E-state index is -0.220. The van der Waals surface area contributed by atoms with Crippen molar-refractivity contribution in [2.24, 2.45) is 0 Å². The van der Waals surface area contributed by atoms with Gasteiger partial charge in [-0.3, -0.25) is 9.59 Å². The zero-order valence-electron chi connectivity index (χ0n) is 20.5. The van der Waals surface area contributed by atoms with E-state index in [9.17, 15) is 9.59 Å². The Kier molecular flexibility index (Phi) is 6.62. The average Bonchev–Trinajstić information content (AvgIpc) is 3.26. The summed E-state index contributed by atoms with van der Waals surface area (Å²) in [5, 5.41) is 3.68. The Morgan fingerprint density at radius 3 is 2.50 bits per heavy atom. The molecule has 2 amide bonds. The summed E-state index contributed by atoms with van der Waals surface area (Å²) < 4.78 is 11.3. The molecule has 0 radical (unpaired) electrons. The van der Waals surface area contributed by atoms with Gasteiger partial charge in [0.25, 0.3) is 5.91 Å². The molecule has 36 heavy (non-hydrogen) atoms. The van der Waals surface area contributed by atoms with Crippen molar-refractivity contribution in [1.82, 2.24) is 4.90 Å². The summed E-state index contributed by atoms with van der Waals surface area (Å²) in [7, 11) is 1.65. The summed E-state index contributed by atoms with van der Waals surface area (Å²) in [4.78, 5) is 30.5. The summed E-state index contributed by atoms with van der Waals surface area (Å²) in [5.74, 6) is 0.564. The van der Waals surface area contributed by atoms with Gasteiger partial charge >= 0.3 is 0 Å². The number of carbonyl (C=O) groups excluding carboxylic acids is 2. The third-order valence-corrected chi connectivity index (χ3v) is 6.49. The average molecular weight is 484 g/mol. The Balaban J connectivity index is 1.34. The van der Waals surface area contributed by atoms with Crippen molar-refractivity contribution in [2.75, 3.05) is 43.5 Å². The number of hydrogen-bond acceptors (Lipinski definition) is 5. The predicted molar refractivity (Wildman–Crippen MR) is 141 cm³/mol. The van der Waals surface area contributed by atoms with E-state index in [1.54, 1.807) is 12.0 Å². The number of para-hydroxylation sites is 1. The molecule has 7 nitrogen and oxygen atoms in total. The van der Waals surface area contributed by atoms with Gasteiger partial charge < -0.3 is 24.3 Å². The van der Waals surface area contributed by atoms with Gasteiger partial charge in [0.15, 0.2) is 0 Å². The Hall–Kier alpha value is -4.26. The highest BCUT2D eigenvalue weighted by Gasteiger charge is 2.29. The second-order valence-electron chi connectivity index (χ2n) is 9.00. The number of methoxy groups -OCH3 is 1. The normalized spacial score (nSPS) is 13.6. The second kappa shape index (κ2) is 10.2. The van der Waals surface area contributed by atoms with E-state index in [2.05, 4.69) is 10.2 Å². The fourth-order valence-corrected chi connectivity index (χ4v) is 4.63. The molecule has 0 aliphatic carbocycles. The number of hydrogen-bond donors (Lipinski definition) is 1. The Morgan fingerprint density at radius 2 is 1.72 bits per heavy atom. The first-order valence-electron chi connectivity index (χ1n) is 12.1. The topological polar surface area (TPSA) is 75.0 Å². The fraction of sp³-hybridized carbons (Fsp3) is 0.241. The lowest BCUT2D eigenvalue weighted by Crippen LogP contribution is -2.48. The maximum Gasteiger partial charge on any atom is 0.291 e. The number of amides is 2. The zero-order chi connectivity index (χ0) is 25.1.